The average Bonchev–Trinajstić information content (AvgIpc) is 2.36. The predicted molar refractivity (Wildman–Crippen MR) is 65.9 cm³/mol. The van der Waals surface area contributed by atoms with Gasteiger partial charge in [-0.05, 0) is 18.5 Å². The summed E-state index contributed by atoms with van der Waals surface area (Å²) in [7, 11) is 0. The number of aromatic nitrogens is 2. The second-order valence-electron chi connectivity index (χ2n) is 4.01. The van der Waals surface area contributed by atoms with Gasteiger partial charge in [-0.1, -0.05) is 26.7 Å². The van der Waals surface area contributed by atoms with Crippen molar-refractivity contribution < 1.29 is 0 Å². The zero-order valence-corrected chi connectivity index (χ0v) is 10.2. The Morgan fingerprint density at radius 3 is 2.62 bits per heavy atom. The molecule has 0 fully saturated rings. The van der Waals surface area contributed by atoms with Crippen molar-refractivity contribution in [3.05, 3.63) is 24.3 Å². The van der Waals surface area contributed by atoms with E-state index in [9.17, 15) is 0 Å². The maximum absolute atomic E-state index is 5.75. The second-order valence-corrected chi connectivity index (χ2v) is 4.01. The number of rotatable bonds is 7. The Morgan fingerprint density at radius 1 is 1.38 bits per heavy atom. The van der Waals surface area contributed by atoms with Crippen molar-refractivity contribution in [2.45, 2.75) is 32.7 Å². The third-order valence-electron chi connectivity index (χ3n) is 3.01. The van der Waals surface area contributed by atoms with E-state index in [2.05, 4.69) is 29.1 Å². The minimum Gasteiger partial charge on any atom is -0.329 e. The van der Waals surface area contributed by atoms with Crippen LogP contribution in [0.3, 0.4) is 0 Å². The first-order valence-corrected chi connectivity index (χ1v) is 6.01. The Kier molecular flexibility index (Phi) is 5.96. The molecule has 1 atom stereocenters. The molecular formula is C12H22N4. The molecule has 1 heterocycles. The Bertz CT molecular complexity index is 272. The van der Waals surface area contributed by atoms with Crippen LogP contribution in [0, 0.1) is 5.92 Å². The number of nitrogens with one attached hydrogen (secondary N) is 1. The molecule has 4 heteroatoms. The largest absolute Gasteiger partial charge is 0.329 e. The molecule has 90 valence electrons. The fourth-order valence-electron chi connectivity index (χ4n) is 1.70. The van der Waals surface area contributed by atoms with E-state index in [0.29, 0.717) is 6.54 Å². The Balaban J connectivity index is 2.50. The fraction of sp³-hybridized carbons (Fsp3) is 0.667. The van der Waals surface area contributed by atoms with Crippen LogP contribution in [0.2, 0.25) is 0 Å². The minimum absolute atomic E-state index is 0.142. The van der Waals surface area contributed by atoms with Gasteiger partial charge in [-0.25, -0.2) is 9.97 Å². The number of nitrogens with two attached hydrogens (primary N) is 1. The molecule has 0 aliphatic carbocycles. The van der Waals surface area contributed by atoms with E-state index < -0.39 is 0 Å². The molecular weight excluding hydrogens is 200 g/mol. The van der Waals surface area contributed by atoms with E-state index in [0.717, 1.165) is 18.2 Å². The standard InChI is InChI=1S/C12H22N4/c1-3-10(4-2)8-15-12(7-13)11-5-6-14-9-16-11/h5-6,9-10,12,15H,3-4,7-8,13H2,1-2H3. The van der Waals surface area contributed by atoms with Crippen LogP contribution in [0.1, 0.15) is 38.4 Å². The topological polar surface area (TPSA) is 63.8 Å². The lowest BCUT2D eigenvalue weighted by atomic mass is 10.0. The van der Waals surface area contributed by atoms with Gasteiger partial charge >= 0.3 is 0 Å². The molecule has 0 saturated carbocycles. The smallest absolute Gasteiger partial charge is 0.115 e. The van der Waals surface area contributed by atoms with Gasteiger partial charge in [0.2, 0.25) is 0 Å². The molecule has 4 nitrogen and oxygen atoms in total. The van der Waals surface area contributed by atoms with Crippen LogP contribution in [-0.2, 0) is 0 Å². The van der Waals surface area contributed by atoms with E-state index in [4.69, 9.17) is 5.73 Å². The lowest BCUT2D eigenvalue weighted by Gasteiger charge is -2.20. The molecule has 0 saturated heterocycles. The van der Waals surface area contributed by atoms with Gasteiger partial charge in [-0.15, -0.1) is 0 Å². The summed E-state index contributed by atoms with van der Waals surface area (Å²) >= 11 is 0. The summed E-state index contributed by atoms with van der Waals surface area (Å²) in [6.07, 6.45) is 5.72. The van der Waals surface area contributed by atoms with Crippen molar-refractivity contribution in [2.75, 3.05) is 13.1 Å². The highest BCUT2D eigenvalue weighted by molar-refractivity contribution is 5.05. The summed E-state index contributed by atoms with van der Waals surface area (Å²) < 4.78 is 0. The molecule has 0 radical (unpaired) electrons. The zero-order valence-electron chi connectivity index (χ0n) is 10.2. The number of hydrogen-bond donors (Lipinski definition) is 2. The van der Waals surface area contributed by atoms with Crippen LogP contribution in [0.15, 0.2) is 18.6 Å². The van der Waals surface area contributed by atoms with Crippen LogP contribution in [0.25, 0.3) is 0 Å². The van der Waals surface area contributed by atoms with Gasteiger partial charge in [-0.3, -0.25) is 0 Å². The van der Waals surface area contributed by atoms with Crippen LogP contribution in [0.4, 0.5) is 0 Å². The van der Waals surface area contributed by atoms with Crippen molar-refractivity contribution in [2.24, 2.45) is 11.7 Å². The highest BCUT2D eigenvalue weighted by Crippen LogP contribution is 2.10. The molecule has 1 unspecified atom stereocenters. The van der Waals surface area contributed by atoms with Crippen LogP contribution in [-0.4, -0.2) is 23.1 Å². The molecule has 3 N–H and O–H groups in total. The first-order valence-electron chi connectivity index (χ1n) is 6.01. The van der Waals surface area contributed by atoms with Crippen LogP contribution < -0.4 is 11.1 Å². The Hall–Kier alpha value is -1.00. The van der Waals surface area contributed by atoms with Crippen LogP contribution >= 0.6 is 0 Å². The first-order chi connectivity index (χ1) is 7.81. The van der Waals surface area contributed by atoms with E-state index in [1.807, 2.05) is 6.07 Å². The Labute approximate surface area is 97.7 Å². The van der Waals surface area contributed by atoms with Crippen molar-refractivity contribution in [1.29, 1.82) is 0 Å². The van der Waals surface area contributed by atoms with Crippen molar-refractivity contribution in [3.8, 4) is 0 Å². The molecule has 1 aromatic heterocycles. The molecule has 0 aliphatic heterocycles. The van der Waals surface area contributed by atoms with Crippen molar-refractivity contribution >= 4 is 0 Å². The number of nitrogens with zero attached hydrogens (tertiary/aromatic N) is 2. The van der Waals surface area contributed by atoms with Crippen molar-refractivity contribution in [1.82, 2.24) is 15.3 Å². The molecule has 0 aromatic carbocycles. The van der Waals surface area contributed by atoms with E-state index in [1.54, 1.807) is 12.5 Å². The summed E-state index contributed by atoms with van der Waals surface area (Å²) in [4.78, 5) is 8.14. The van der Waals surface area contributed by atoms with Gasteiger partial charge in [-0.2, -0.15) is 0 Å². The summed E-state index contributed by atoms with van der Waals surface area (Å²) in [5, 5.41) is 3.47. The van der Waals surface area contributed by atoms with Gasteiger partial charge in [0.25, 0.3) is 0 Å². The second kappa shape index (κ2) is 7.30. The average molecular weight is 222 g/mol. The molecule has 16 heavy (non-hydrogen) atoms. The predicted octanol–water partition coefficient (Wildman–Crippen LogP) is 1.50. The third kappa shape index (κ3) is 3.87. The minimum atomic E-state index is 0.142. The van der Waals surface area contributed by atoms with Gasteiger partial charge < -0.3 is 11.1 Å². The summed E-state index contributed by atoms with van der Waals surface area (Å²) in [6, 6.07) is 2.06. The lowest BCUT2D eigenvalue weighted by Crippen LogP contribution is -2.32. The van der Waals surface area contributed by atoms with Gasteiger partial charge in [0.15, 0.2) is 0 Å². The molecule has 0 amide bonds. The van der Waals surface area contributed by atoms with Crippen molar-refractivity contribution in [3.63, 3.8) is 0 Å². The van der Waals surface area contributed by atoms with Gasteiger partial charge in [0.1, 0.15) is 6.33 Å². The SMILES string of the molecule is CCC(CC)CNC(CN)c1ccncn1. The van der Waals surface area contributed by atoms with E-state index in [-0.39, 0.29) is 6.04 Å². The summed E-state index contributed by atoms with van der Waals surface area (Å²) in [5.41, 5.74) is 6.73. The highest BCUT2D eigenvalue weighted by atomic mass is 15.0. The highest BCUT2D eigenvalue weighted by Gasteiger charge is 2.12. The summed E-state index contributed by atoms with van der Waals surface area (Å²) in [6.45, 7) is 6.01. The first kappa shape index (κ1) is 13.1. The molecule has 1 aromatic rings. The van der Waals surface area contributed by atoms with Crippen LogP contribution in [0.5, 0.6) is 0 Å². The molecule has 0 bridgehead atoms. The van der Waals surface area contributed by atoms with E-state index in [1.165, 1.54) is 12.8 Å². The Morgan fingerprint density at radius 2 is 2.12 bits per heavy atom. The third-order valence-corrected chi connectivity index (χ3v) is 3.01. The quantitative estimate of drug-likeness (QED) is 0.734. The van der Waals surface area contributed by atoms with E-state index >= 15 is 0 Å². The molecule has 0 aliphatic rings. The summed E-state index contributed by atoms with van der Waals surface area (Å²) in [5.74, 6) is 0.718. The molecule has 0 spiro atoms. The monoisotopic (exact) mass is 222 g/mol. The fourth-order valence-corrected chi connectivity index (χ4v) is 1.70. The zero-order chi connectivity index (χ0) is 11.8. The molecule has 1 rings (SSSR count). The maximum Gasteiger partial charge on any atom is 0.115 e. The normalized spacial score (nSPS) is 13.0. The number of hydrogen-bond acceptors (Lipinski definition) is 4. The lowest BCUT2D eigenvalue weighted by molar-refractivity contribution is 0.410. The van der Waals surface area contributed by atoms with Gasteiger partial charge in [0.05, 0.1) is 11.7 Å². The maximum atomic E-state index is 5.75. The van der Waals surface area contributed by atoms with Gasteiger partial charge in [0, 0.05) is 12.7 Å².